The Morgan fingerprint density at radius 3 is 2.56 bits per heavy atom. The van der Waals surface area contributed by atoms with Gasteiger partial charge in [0.1, 0.15) is 18.5 Å². The van der Waals surface area contributed by atoms with Gasteiger partial charge in [-0.1, -0.05) is 12.1 Å². The molecule has 1 aliphatic heterocycles. The maximum atomic E-state index is 14.6. The summed E-state index contributed by atoms with van der Waals surface area (Å²) in [6.07, 6.45) is 1.47. The highest BCUT2D eigenvalue weighted by Gasteiger charge is 2.33. The zero-order chi connectivity index (χ0) is 19.6. The molecule has 0 N–H and O–H groups in total. The summed E-state index contributed by atoms with van der Waals surface area (Å²) in [4.78, 5) is 14.4. The summed E-state index contributed by atoms with van der Waals surface area (Å²) in [7, 11) is -3.63. The summed E-state index contributed by atoms with van der Waals surface area (Å²) in [5.41, 5.74) is 1.50. The van der Waals surface area contributed by atoms with Crippen molar-refractivity contribution in [3.8, 4) is 11.1 Å². The number of anilines is 1. The average molecular weight is 411 g/mol. The fourth-order valence-electron chi connectivity index (χ4n) is 2.70. The molecule has 3 rings (SSSR count). The van der Waals surface area contributed by atoms with E-state index >= 15 is 0 Å². The van der Waals surface area contributed by atoms with Gasteiger partial charge in [-0.15, -0.1) is 11.8 Å². The molecular weight excluding hydrogens is 393 g/mol. The second-order valence-corrected chi connectivity index (χ2v) is 8.52. The van der Waals surface area contributed by atoms with E-state index in [-0.39, 0.29) is 13.2 Å². The van der Waals surface area contributed by atoms with Crippen LogP contribution in [-0.2, 0) is 19.0 Å². The molecule has 0 spiro atoms. The second kappa shape index (κ2) is 7.87. The number of amides is 1. The van der Waals surface area contributed by atoms with Gasteiger partial charge in [-0.2, -0.15) is 8.42 Å². The van der Waals surface area contributed by atoms with Gasteiger partial charge in [0.25, 0.3) is 10.1 Å². The number of halogens is 1. The molecule has 27 heavy (non-hydrogen) atoms. The minimum atomic E-state index is -3.63. The van der Waals surface area contributed by atoms with Crippen LogP contribution in [0, 0.1) is 5.82 Å². The largest absolute Gasteiger partial charge is 0.441 e. The molecule has 2 aromatic carbocycles. The van der Waals surface area contributed by atoms with Crippen LogP contribution in [0.1, 0.15) is 0 Å². The fraction of sp³-hybridized carbons (Fsp3) is 0.278. The average Bonchev–Trinajstić information content (AvgIpc) is 3.00. The maximum absolute atomic E-state index is 14.6. The van der Waals surface area contributed by atoms with E-state index in [1.165, 1.54) is 11.0 Å². The molecule has 0 aliphatic carbocycles. The number of benzene rings is 2. The molecule has 1 amide bonds. The van der Waals surface area contributed by atoms with Crippen molar-refractivity contribution in [1.29, 1.82) is 0 Å². The first-order valence-corrected chi connectivity index (χ1v) is 11.1. The topological polar surface area (TPSA) is 72.9 Å². The van der Waals surface area contributed by atoms with Crippen LogP contribution < -0.4 is 4.90 Å². The van der Waals surface area contributed by atoms with Gasteiger partial charge < -0.3 is 4.74 Å². The lowest BCUT2D eigenvalue weighted by Gasteiger charge is -2.14. The van der Waals surface area contributed by atoms with Crippen molar-refractivity contribution in [2.75, 3.05) is 30.6 Å². The maximum Gasteiger partial charge on any atom is 0.414 e. The number of thioether (sulfide) groups is 1. The predicted octanol–water partition coefficient (Wildman–Crippen LogP) is 3.52. The third-order valence-electron chi connectivity index (χ3n) is 4.01. The fourth-order valence-corrected chi connectivity index (χ4v) is 3.50. The molecule has 2 aromatic rings. The number of rotatable bonds is 6. The summed E-state index contributed by atoms with van der Waals surface area (Å²) >= 11 is 1.60. The van der Waals surface area contributed by atoms with Crippen LogP contribution in [0.5, 0.6) is 0 Å². The third kappa shape index (κ3) is 4.79. The van der Waals surface area contributed by atoms with Crippen molar-refractivity contribution < 1.29 is 26.5 Å². The molecular formula is C18H18FNO5S2. The van der Waals surface area contributed by atoms with E-state index in [2.05, 4.69) is 4.18 Å². The first-order chi connectivity index (χ1) is 12.8. The number of carbonyl (C=O) groups is 1. The molecule has 144 valence electrons. The van der Waals surface area contributed by atoms with Gasteiger partial charge in [0, 0.05) is 10.5 Å². The summed E-state index contributed by atoms with van der Waals surface area (Å²) in [6.45, 7) is -0.195. The molecule has 0 saturated carbocycles. The van der Waals surface area contributed by atoms with Gasteiger partial charge in [0.15, 0.2) is 0 Å². The standard InChI is InChI=1S/C18H18FNO5S2/c1-26-15-6-3-12(4-7-15)16-8-5-13(9-17(16)19)20-10-14(25-18(20)21)11-24-27(2,22)23/h3-9,14H,10-11H2,1-2H3. The molecule has 6 nitrogen and oxygen atoms in total. The van der Waals surface area contributed by atoms with E-state index in [0.29, 0.717) is 11.3 Å². The van der Waals surface area contributed by atoms with Crippen LogP contribution in [0.15, 0.2) is 47.4 Å². The first-order valence-electron chi connectivity index (χ1n) is 8.03. The SMILES string of the molecule is CSc1ccc(-c2ccc(N3CC(COS(C)(=O)=O)OC3=O)cc2F)cc1. The minimum Gasteiger partial charge on any atom is -0.441 e. The summed E-state index contributed by atoms with van der Waals surface area (Å²) in [5, 5.41) is 0. The Hall–Kier alpha value is -2.10. The first kappa shape index (κ1) is 19.7. The number of ether oxygens (including phenoxy) is 1. The number of nitrogens with zero attached hydrogens (tertiary/aromatic N) is 1. The summed E-state index contributed by atoms with van der Waals surface area (Å²) < 4.78 is 46.4. The quantitative estimate of drug-likeness (QED) is 0.535. The zero-order valence-corrected chi connectivity index (χ0v) is 16.3. The summed E-state index contributed by atoms with van der Waals surface area (Å²) in [6, 6.07) is 12.0. The molecule has 1 unspecified atom stereocenters. The lowest BCUT2D eigenvalue weighted by molar-refractivity contribution is 0.107. The second-order valence-electron chi connectivity index (χ2n) is 6.00. The van der Waals surface area contributed by atoms with Gasteiger partial charge in [0.05, 0.1) is 18.5 Å². The Morgan fingerprint density at radius 2 is 1.96 bits per heavy atom. The minimum absolute atomic E-state index is 0.0789. The van der Waals surface area contributed by atoms with Crippen molar-refractivity contribution in [1.82, 2.24) is 0 Å². The van der Waals surface area contributed by atoms with E-state index in [9.17, 15) is 17.6 Å². The Labute approximate surface area is 161 Å². The zero-order valence-electron chi connectivity index (χ0n) is 14.7. The van der Waals surface area contributed by atoms with Gasteiger partial charge in [0.2, 0.25) is 0 Å². The smallest absolute Gasteiger partial charge is 0.414 e. The Kier molecular flexibility index (Phi) is 5.73. The van der Waals surface area contributed by atoms with Crippen molar-refractivity contribution in [3.05, 3.63) is 48.3 Å². The highest BCUT2D eigenvalue weighted by atomic mass is 32.2. The van der Waals surface area contributed by atoms with Crippen molar-refractivity contribution >= 4 is 33.7 Å². The van der Waals surface area contributed by atoms with Crippen LogP contribution in [0.3, 0.4) is 0 Å². The third-order valence-corrected chi connectivity index (χ3v) is 5.32. The molecule has 1 aliphatic rings. The monoisotopic (exact) mass is 411 g/mol. The lowest BCUT2D eigenvalue weighted by atomic mass is 10.0. The van der Waals surface area contributed by atoms with Crippen LogP contribution >= 0.6 is 11.8 Å². The number of carbonyl (C=O) groups excluding carboxylic acids is 1. The van der Waals surface area contributed by atoms with Crippen LogP contribution in [0.4, 0.5) is 14.9 Å². The van der Waals surface area contributed by atoms with Crippen LogP contribution in [-0.4, -0.2) is 46.3 Å². The molecule has 1 fully saturated rings. The molecule has 0 aromatic heterocycles. The predicted molar refractivity (Wildman–Crippen MR) is 102 cm³/mol. The van der Waals surface area contributed by atoms with E-state index in [1.807, 2.05) is 30.5 Å². The van der Waals surface area contributed by atoms with E-state index in [4.69, 9.17) is 4.74 Å². The number of hydrogen-bond donors (Lipinski definition) is 0. The molecule has 1 saturated heterocycles. The lowest BCUT2D eigenvalue weighted by Crippen LogP contribution is -2.26. The number of cyclic esters (lactones) is 1. The van der Waals surface area contributed by atoms with Gasteiger partial charge in [-0.25, -0.2) is 9.18 Å². The molecule has 9 heteroatoms. The molecule has 0 bridgehead atoms. The highest BCUT2D eigenvalue weighted by Crippen LogP contribution is 2.30. The van der Waals surface area contributed by atoms with Crippen LogP contribution in [0.2, 0.25) is 0 Å². The molecule has 0 radical (unpaired) electrons. The van der Waals surface area contributed by atoms with Crippen molar-refractivity contribution in [2.24, 2.45) is 0 Å². The van der Waals surface area contributed by atoms with E-state index in [0.717, 1.165) is 16.7 Å². The van der Waals surface area contributed by atoms with Crippen molar-refractivity contribution in [3.63, 3.8) is 0 Å². The van der Waals surface area contributed by atoms with Crippen molar-refractivity contribution in [2.45, 2.75) is 11.0 Å². The molecule has 1 atom stereocenters. The Morgan fingerprint density at radius 1 is 1.26 bits per heavy atom. The van der Waals surface area contributed by atoms with Crippen LogP contribution in [0.25, 0.3) is 11.1 Å². The molecule has 1 heterocycles. The van der Waals surface area contributed by atoms with Gasteiger partial charge in [-0.3, -0.25) is 9.08 Å². The highest BCUT2D eigenvalue weighted by molar-refractivity contribution is 7.98. The van der Waals surface area contributed by atoms with Gasteiger partial charge in [-0.05, 0) is 42.2 Å². The van der Waals surface area contributed by atoms with E-state index in [1.54, 1.807) is 23.9 Å². The number of hydrogen-bond acceptors (Lipinski definition) is 6. The Balaban J connectivity index is 1.76. The Bertz CT molecular complexity index is 947. The van der Waals surface area contributed by atoms with Gasteiger partial charge >= 0.3 is 6.09 Å². The van der Waals surface area contributed by atoms with E-state index < -0.39 is 28.1 Å². The normalized spacial score (nSPS) is 17.2. The summed E-state index contributed by atoms with van der Waals surface area (Å²) in [5.74, 6) is -0.465.